The molecule has 0 amide bonds. The molecule has 7 heteroatoms. The SMILES string of the molecule is CC(=O)c1ccc(N2CC[NH+](Cc3cc(=O)n4ccsc4n3)CC2)cc1. The van der Waals surface area contributed by atoms with Gasteiger partial charge in [-0.1, -0.05) is 0 Å². The topological polar surface area (TPSA) is 59.1 Å². The molecular formula is C19H21N4O2S+. The van der Waals surface area contributed by atoms with Crippen LogP contribution in [-0.4, -0.2) is 41.3 Å². The van der Waals surface area contributed by atoms with Crippen molar-refractivity contribution in [2.75, 3.05) is 31.1 Å². The molecule has 0 bridgehead atoms. The zero-order valence-electron chi connectivity index (χ0n) is 14.6. The van der Waals surface area contributed by atoms with Crippen LogP contribution < -0.4 is 15.4 Å². The first-order valence-electron chi connectivity index (χ1n) is 8.75. The number of anilines is 1. The van der Waals surface area contributed by atoms with Crippen molar-refractivity contribution in [2.45, 2.75) is 13.5 Å². The molecule has 6 nitrogen and oxygen atoms in total. The fraction of sp³-hybridized carbons (Fsp3) is 0.316. The number of nitrogens with zero attached hydrogens (tertiary/aromatic N) is 3. The summed E-state index contributed by atoms with van der Waals surface area (Å²) in [5.41, 5.74) is 2.77. The number of carbonyl (C=O) groups is 1. The highest BCUT2D eigenvalue weighted by molar-refractivity contribution is 7.15. The van der Waals surface area contributed by atoms with Crippen LogP contribution in [0.25, 0.3) is 4.96 Å². The predicted molar refractivity (Wildman–Crippen MR) is 102 cm³/mol. The Bertz CT molecular complexity index is 985. The standard InChI is InChI=1S/C19H20N4O2S/c1-14(24)15-2-4-17(5-3-15)22-8-6-21(7-9-22)13-16-12-18(25)23-10-11-26-19(23)20-16/h2-5,10-12H,6-9,13H2,1H3/p+1. The fourth-order valence-electron chi connectivity index (χ4n) is 3.40. The van der Waals surface area contributed by atoms with Gasteiger partial charge in [-0.15, -0.1) is 11.3 Å². The summed E-state index contributed by atoms with van der Waals surface area (Å²) in [7, 11) is 0. The van der Waals surface area contributed by atoms with Gasteiger partial charge in [0, 0.05) is 28.9 Å². The molecule has 3 heterocycles. The van der Waals surface area contributed by atoms with Crippen LogP contribution in [0.2, 0.25) is 0 Å². The van der Waals surface area contributed by atoms with E-state index in [9.17, 15) is 9.59 Å². The molecular weight excluding hydrogens is 348 g/mol. The smallest absolute Gasteiger partial charge is 0.258 e. The lowest BCUT2D eigenvalue weighted by molar-refractivity contribution is -0.914. The Morgan fingerprint density at radius 2 is 1.96 bits per heavy atom. The van der Waals surface area contributed by atoms with E-state index >= 15 is 0 Å². The number of fused-ring (bicyclic) bond motifs is 1. The van der Waals surface area contributed by atoms with Gasteiger partial charge >= 0.3 is 0 Å². The van der Waals surface area contributed by atoms with E-state index in [1.54, 1.807) is 23.6 Å². The lowest BCUT2D eigenvalue weighted by Crippen LogP contribution is -3.13. The Labute approximate surface area is 155 Å². The molecule has 0 spiro atoms. The Morgan fingerprint density at radius 1 is 1.23 bits per heavy atom. The fourth-order valence-corrected chi connectivity index (χ4v) is 4.14. The number of carbonyl (C=O) groups excluding carboxylic acids is 1. The van der Waals surface area contributed by atoms with Crippen LogP contribution in [0, 0.1) is 0 Å². The van der Waals surface area contributed by atoms with Gasteiger partial charge in [0.2, 0.25) is 0 Å². The van der Waals surface area contributed by atoms with Crippen molar-refractivity contribution in [3.05, 3.63) is 63.5 Å². The lowest BCUT2D eigenvalue weighted by Gasteiger charge is -2.33. The van der Waals surface area contributed by atoms with E-state index < -0.39 is 0 Å². The second kappa shape index (κ2) is 7.01. The van der Waals surface area contributed by atoms with Gasteiger partial charge in [0.05, 0.1) is 26.2 Å². The molecule has 0 saturated carbocycles. The van der Waals surface area contributed by atoms with Gasteiger partial charge < -0.3 is 9.80 Å². The minimum absolute atomic E-state index is 0.00477. The molecule has 1 aliphatic rings. The van der Waals surface area contributed by atoms with Crippen LogP contribution in [0.3, 0.4) is 0 Å². The van der Waals surface area contributed by atoms with E-state index in [2.05, 4.69) is 9.88 Å². The number of hydrogen-bond donors (Lipinski definition) is 1. The summed E-state index contributed by atoms with van der Waals surface area (Å²) in [6.07, 6.45) is 1.77. The number of benzene rings is 1. The summed E-state index contributed by atoms with van der Waals surface area (Å²) < 4.78 is 1.59. The van der Waals surface area contributed by atoms with Crippen molar-refractivity contribution < 1.29 is 9.69 Å². The molecule has 1 N–H and O–H groups in total. The van der Waals surface area contributed by atoms with E-state index in [0.29, 0.717) is 0 Å². The Balaban J connectivity index is 1.39. The second-order valence-electron chi connectivity index (χ2n) is 6.66. The van der Waals surface area contributed by atoms with Crippen LogP contribution in [0.15, 0.2) is 46.7 Å². The number of Topliss-reactive ketones (excluding diaryl/α,β-unsaturated/α-hetero) is 1. The Morgan fingerprint density at radius 3 is 2.65 bits per heavy atom. The number of rotatable bonds is 4. The average Bonchev–Trinajstić information content (AvgIpc) is 3.12. The lowest BCUT2D eigenvalue weighted by atomic mass is 10.1. The first-order chi connectivity index (χ1) is 12.6. The van der Waals surface area contributed by atoms with Crippen molar-refractivity contribution >= 4 is 27.8 Å². The minimum Gasteiger partial charge on any atom is -0.360 e. The highest BCUT2D eigenvalue weighted by Gasteiger charge is 2.21. The quantitative estimate of drug-likeness (QED) is 0.693. The number of hydrogen-bond acceptors (Lipinski definition) is 5. The first-order valence-corrected chi connectivity index (χ1v) is 9.63. The van der Waals surface area contributed by atoms with E-state index in [1.807, 2.05) is 29.6 Å². The molecule has 1 aromatic carbocycles. The zero-order valence-corrected chi connectivity index (χ0v) is 15.5. The highest BCUT2D eigenvalue weighted by Crippen LogP contribution is 2.15. The molecule has 0 atom stereocenters. The highest BCUT2D eigenvalue weighted by atomic mass is 32.1. The summed E-state index contributed by atoms with van der Waals surface area (Å²) in [6.45, 7) is 6.27. The zero-order chi connectivity index (χ0) is 18.1. The third kappa shape index (κ3) is 3.40. The van der Waals surface area contributed by atoms with Crippen molar-refractivity contribution in [2.24, 2.45) is 0 Å². The van der Waals surface area contributed by atoms with Crippen LogP contribution in [0.1, 0.15) is 23.0 Å². The van der Waals surface area contributed by atoms with Gasteiger partial charge in [0.15, 0.2) is 10.7 Å². The van der Waals surface area contributed by atoms with Gasteiger partial charge in [0.25, 0.3) is 5.56 Å². The third-order valence-corrected chi connectivity index (χ3v) is 5.65. The van der Waals surface area contributed by atoms with Crippen LogP contribution >= 0.6 is 11.3 Å². The van der Waals surface area contributed by atoms with Crippen molar-refractivity contribution in [1.29, 1.82) is 0 Å². The number of nitrogens with one attached hydrogen (secondary N) is 1. The molecule has 26 heavy (non-hydrogen) atoms. The molecule has 1 fully saturated rings. The molecule has 0 aliphatic carbocycles. The molecule has 134 valence electrons. The Kier molecular flexibility index (Phi) is 4.57. The number of quaternary nitrogens is 1. The summed E-state index contributed by atoms with van der Waals surface area (Å²) >= 11 is 1.49. The van der Waals surface area contributed by atoms with Gasteiger partial charge in [-0.3, -0.25) is 14.0 Å². The monoisotopic (exact) mass is 369 g/mol. The van der Waals surface area contributed by atoms with Gasteiger partial charge in [-0.05, 0) is 31.2 Å². The van der Waals surface area contributed by atoms with E-state index in [0.717, 1.165) is 54.6 Å². The molecule has 1 saturated heterocycles. The third-order valence-electron chi connectivity index (χ3n) is 4.90. The van der Waals surface area contributed by atoms with Crippen LogP contribution in [0.4, 0.5) is 5.69 Å². The predicted octanol–water partition coefficient (Wildman–Crippen LogP) is 0.864. The van der Waals surface area contributed by atoms with E-state index in [1.165, 1.54) is 16.2 Å². The molecule has 4 rings (SSSR count). The first kappa shape index (κ1) is 16.9. The van der Waals surface area contributed by atoms with E-state index in [4.69, 9.17) is 0 Å². The van der Waals surface area contributed by atoms with Gasteiger partial charge in [0.1, 0.15) is 12.2 Å². The van der Waals surface area contributed by atoms with Crippen LogP contribution in [0.5, 0.6) is 0 Å². The maximum absolute atomic E-state index is 12.1. The second-order valence-corrected chi connectivity index (χ2v) is 7.53. The van der Waals surface area contributed by atoms with Crippen molar-refractivity contribution in [1.82, 2.24) is 9.38 Å². The summed E-state index contributed by atoms with van der Waals surface area (Å²) in [5, 5.41) is 1.89. The number of thiazole rings is 1. The molecule has 0 radical (unpaired) electrons. The summed E-state index contributed by atoms with van der Waals surface area (Å²) in [6, 6.07) is 9.48. The summed E-state index contributed by atoms with van der Waals surface area (Å²) in [5.74, 6) is 0.0944. The Hall–Kier alpha value is -2.51. The average molecular weight is 369 g/mol. The van der Waals surface area contributed by atoms with Crippen molar-refractivity contribution in [3.63, 3.8) is 0 Å². The van der Waals surface area contributed by atoms with Gasteiger partial charge in [-0.25, -0.2) is 4.98 Å². The van der Waals surface area contributed by atoms with Crippen molar-refractivity contribution in [3.8, 4) is 0 Å². The number of aromatic nitrogens is 2. The molecule has 2 aromatic heterocycles. The molecule has 3 aromatic rings. The van der Waals surface area contributed by atoms with E-state index in [-0.39, 0.29) is 11.3 Å². The number of piperazine rings is 1. The molecule has 0 unspecified atom stereocenters. The molecule has 1 aliphatic heterocycles. The van der Waals surface area contributed by atoms with Gasteiger partial charge in [-0.2, -0.15) is 0 Å². The maximum Gasteiger partial charge on any atom is 0.258 e. The number of ketones is 1. The van der Waals surface area contributed by atoms with Crippen LogP contribution in [-0.2, 0) is 6.54 Å². The maximum atomic E-state index is 12.1. The summed E-state index contributed by atoms with van der Waals surface area (Å²) in [4.78, 5) is 32.6. The minimum atomic E-state index is -0.00477. The largest absolute Gasteiger partial charge is 0.360 e. The normalized spacial score (nSPS) is 15.5.